The lowest BCUT2D eigenvalue weighted by atomic mass is 10.1. The van der Waals surface area contributed by atoms with Gasteiger partial charge < -0.3 is 15.1 Å². The van der Waals surface area contributed by atoms with E-state index in [2.05, 4.69) is 17.3 Å². The van der Waals surface area contributed by atoms with Crippen molar-refractivity contribution < 1.29 is 14.0 Å². The van der Waals surface area contributed by atoms with E-state index in [4.69, 9.17) is 0 Å². The second kappa shape index (κ2) is 8.77. The first-order chi connectivity index (χ1) is 13.0. The highest BCUT2D eigenvalue weighted by Crippen LogP contribution is 2.14. The summed E-state index contributed by atoms with van der Waals surface area (Å²) in [5.74, 6) is -0.371. The Hall–Kier alpha value is -2.73. The number of halogens is 1. The Morgan fingerprint density at radius 2 is 1.59 bits per heavy atom. The van der Waals surface area contributed by atoms with E-state index in [1.807, 2.05) is 4.90 Å². The summed E-state index contributed by atoms with van der Waals surface area (Å²) >= 11 is 0. The third-order valence-electron chi connectivity index (χ3n) is 4.76. The zero-order chi connectivity index (χ0) is 19.2. The molecule has 1 heterocycles. The van der Waals surface area contributed by atoms with Gasteiger partial charge in [-0.1, -0.05) is 12.1 Å². The van der Waals surface area contributed by atoms with Crippen LogP contribution in [-0.2, 0) is 11.2 Å². The Labute approximate surface area is 158 Å². The number of carbonyl (C=O) groups is 2. The number of nitrogens with zero attached hydrogens (tertiary/aromatic N) is 2. The minimum Gasteiger partial charge on any atom is -0.336 e. The van der Waals surface area contributed by atoms with Gasteiger partial charge in [0.1, 0.15) is 5.82 Å². The predicted octanol–water partition coefficient (Wildman–Crippen LogP) is 2.78. The number of anilines is 1. The van der Waals surface area contributed by atoms with E-state index in [1.165, 1.54) is 12.1 Å². The van der Waals surface area contributed by atoms with Gasteiger partial charge in [-0.15, -0.1) is 0 Å². The summed E-state index contributed by atoms with van der Waals surface area (Å²) in [6, 6.07) is 13.1. The maximum atomic E-state index is 12.9. The van der Waals surface area contributed by atoms with Gasteiger partial charge >= 0.3 is 0 Å². The third-order valence-corrected chi connectivity index (χ3v) is 4.76. The lowest BCUT2D eigenvalue weighted by Gasteiger charge is -2.32. The highest BCUT2D eigenvalue weighted by atomic mass is 19.1. The third kappa shape index (κ3) is 5.37. The number of carbonyl (C=O) groups excluding carboxylic acids is 2. The van der Waals surface area contributed by atoms with E-state index >= 15 is 0 Å². The Morgan fingerprint density at radius 3 is 2.22 bits per heavy atom. The first kappa shape index (κ1) is 19.0. The summed E-state index contributed by atoms with van der Waals surface area (Å²) in [5, 5.41) is 2.83. The minimum atomic E-state index is -0.283. The van der Waals surface area contributed by atoms with E-state index in [0.29, 0.717) is 24.1 Å². The fourth-order valence-electron chi connectivity index (χ4n) is 3.02. The monoisotopic (exact) mass is 369 g/mol. The second-order valence-electron chi connectivity index (χ2n) is 6.85. The van der Waals surface area contributed by atoms with Gasteiger partial charge in [0.15, 0.2) is 0 Å². The van der Waals surface area contributed by atoms with E-state index in [0.717, 1.165) is 31.7 Å². The van der Waals surface area contributed by atoms with Gasteiger partial charge in [0.05, 0.1) is 0 Å². The van der Waals surface area contributed by atoms with Crippen molar-refractivity contribution in [2.45, 2.75) is 12.8 Å². The first-order valence-electron chi connectivity index (χ1n) is 9.13. The van der Waals surface area contributed by atoms with Gasteiger partial charge in [0.2, 0.25) is 5.91 Å². The molecule has 0 saturated carbocycles. The summed E-state index contributed by atoms with van der Waals surface area (Å²) in [6.45, 7) is 3.23. The van der Waals surface area contributed by atoms with Crippen molar-refractivity contribution in [2.75, 3.05) is 38.5 Å². The lowest BCUT2D eigenvalue weighted by molar-refractivity contribution is -0.116. The van der Waals surface area contributed by atoms with Gasteiger partial charge in [-0.25, -0.2) is 4.39 Å². The van der Waals surface area contributed by atoms with Crippen molar-refractivity contribution in [1.29, 1.82) is 0 Å². The normalized spacial score (nSPS) is 14.8. The minimum absolute atomic E-state index is 0.0253. The number of hydrogen-bond acceptors (Lipinski definition) is 3. The number of amides is 2. The lowest BCUT2D eigenvalue weighted by Crippen LogP contribution is -2.47. The molecule has 1 saturated heterocycles. The smallest absolute Gasteiger partial charge is 0.253 e. The molecule has 0 bridgehead atoms. The Kier molecular flexibility index (Phi) is 6.19. The number of piperazine rings is 1. The van der Waals surface area contributed by atoms with Crippen LogP contribution in [0.1, 0.15) is 22.3 Å². The summed E-state index contributed by atoms with van der Waals surface area (Å²) in [7, 11) is 2.05. The molecule has 5 nitrogen and oxygen atoms in total. The van der Waals surface area contributed by atoms with Crippen LogP contribution in [0.2, 0.25) is 0 Å². The van der Waals surface area contributed by atoms with Crippen LogP contribution in [0.15, 0.2) is 48.5 Å². The van der Waals surface area contributed by atoms with Gasteiger partial charge in [-0.05, 0) is 55.4 Å². The van der Waals surface area contributed by atoms with Crippen LogP contribution in [0.3, 0.4) is 0 Å². The van der Waals surface area contributed by atoms with Gasteiger partial charge in [-0.3, -0.25) is 9.59 Å². The summed E-state index contributed by atoms with van der Waals surface area (Å²) in [5.41, 5.74) is 2.21. The Bertz CT molecular complexity index is 782. The zero-order valence-corrected chi connectivity index (χ0v) is 15.5. The van der Waals surface area contributed by atoms with Crippen LogP contribution in [0, 0.1) is 5.82 Å². The summed E-state index contributed by atoms with van der Waals surface area (Å²) in [6.07, 6.45) is 0.861. The van der Waals surface area contributed by atoms with Gasteiger partial charge in [0.25, 0.3) is 5.91 Å². The molecule has 142 valence electrons. The van der Waals surface area contributed by atoms with E-state index in [1.54, 1.807) is 36.4 Å². The highest BCUT2D eigenvalue weighted by molar-refractivity contribution is 5.96. The molecule has 1 aliphatic rings. The maximum Gasteiger partial charge on any atom is 0.253 e. The average Bonchev–Trinajstić information content (AvgIpc) is 2.68. The first-order valence-corrected chi connectivity index (χ1v) is 9.13. The number of nitrogens with one attached hydrogen (secondary N) is 1. The zero-order valence-electron chi connectivity index (χ0n) is 15.5. The predicted molar refractivity (Wildman–Crippen MR) is 103 cm³/mol. The molecule has 0 unspecified atom stereocenters. The Balaban J connectivity index is 1.50. The molecule has 6 heteroatoms. The number of rotatable bonds is 5. The summed E-state index contributed by atoms with van der Waals surface area (Å²) < 4.78 is 12.9. The molecule has 0 radical (unpaired) electrons. The van der Waals surface area contributed by atoms with Crippen LogP contribution >= 0.6 is 0 Å². The number of aryl methyl sites for hydroxylation is 1. The van der Waals surface area contributed by atoms with Crippen LogP contribution in [0.25, 0.3) is 0 Å². The molecule has 27 heavy (non-hydrogen) atoms. The molecule has 3 rings (SSSR count). The molecule has 0 spiro atoms. The summed E-state index contributed by atoms with van der Waals surface area (Å²) in [4.78, 5) is 28.7. The fraction of sp³-hybridized carbons (Fsp3) is 0.333. The molecule has 2 amide bonds. The Morgan fingerprint density at radius 1 is 0.963 bits per heavy atom. The quantitative estimate of drug-likeness (QED) is 0.882. The molecule has 1 fully saturated rings. The molecule has 1 N–H and O–H groups in total. The highest BCUT2D eigenvalue weighted by Gasteiger charge is 2.20. The molecule has 2 aromatic rings. The molecule has 2 aromatic carbocycles. The molecule has 0 atom stereocenters. The maximum absolute atomic E-state index is 12.9. The SMILES string of the molecule is CN1CCN(C(=O)c2ccc(NC(=O)CCc3ccc(F)cc3)cc2)CC1. The average molecular weight is 369 g/mol. The molecular formula is C21H24FN3O2. The van der Waals surface area contributed by atoms with Crippen molar-refractivity contribution >= 4 is 17.5 Å². The molecular weight excluding hydrogens is 345 g/mol. The van der Waals surface area contributed by atoms with Gasteiger partial charge in [-0.2, -0.15) is 0 Å². The number of hydrogen-bond donors (Lipinski definition) is 1. The van der Waals surface area contributed by atoms with E-state index < -0.39 is 0 Å². The molecule has 0 aromatic heterocycles. The molecule has 0 aliphatic carbocycles. The largest absolute Gasteiger partial charge is 0.336 e. The van der Waals surface area contributed by atoms with Crippen molar-refractivity contribution in [1.82, 2.24) is 9.80 Å². The second-order valence-corrected chi connectivity index (χ2v) is 6.85. The number of benzene rings is 2. The van der Waals surface area contributed by atoms with Crippen molar-refractivity contribution in [2.24, 2.45) is 0 Å². The van der Waals surface area contributed by atoms with Crippen LogP contribution in [0.4, 0.5) is 10.1 Å². The van der Waals surface area contributed by atoms with Crippen LogP contribution in [0.5, 0.6) is 0 Å². The van der Waals surface area contributed by atoms with E-state index in [-0.39, 0.29) is 17.6 Å². The molecule has 1 aliphatic heterocycles. The van der Waals surface area contributed by atoms with E-state index in [9.17, 15) is 14.0 Å². The topological polar surface area (TPSA) is 52.6 Å². The number of likely N-dealkylation sites (N-methyl/N-ethyl adjacent to an activating group) is 1. The van der Waals surface area contributed by atoms with Crippen molar-refractivity contribution in [3.63, 3.8) is 0 Å². The van der Waals surface area contributed by atoms with Crippen molar-refractivity contribution in [3.8, 4) is 0 Å². The van der Waals surface area contributed by atoms with Crippen molar-refractivity contribution in [3.05, 3.63) is 65.5 Å². The van der Waals surface area contributed by atoms with Crippen LogP contribution < -0.4 is 5.32 Å². The fourth-order valence-corrected chi connectivity index (χ4v) is 3.02. The standard InChI is InChI=1S/C21H24FN3O2/c1-24-12-14-25(15-13-24)21(27)17-5-9-19(10-6-17)23-20(26)11-4-16-2-7-18(22)8-3-16/h2-3,5-10H,4,11-15H2,1H3,(H,23,26). The van der Waals surface area contributed by atoms with Crippen LogP contribution in [-0.4, -0.2) is 54.8 Å². The van der Waals surface area contributed by atoms with Gasteiger partial charge in [0, 0.05) is 43.9 Å².